The van der Waals surface area contributed by atoms with Gasteiger partial charge in [-0.25, -0.2) is 9.78 Å². The molecule has 0 aromatic carbocycles. The van der Waals surface area contributed by atoms with E-state index < -0.39 is 5.79 Å². The Morgan fingerprint density at radius 1 is 0.938 bits per heavy atom. The molecule has 1 aliphatic rings. The van der Waals surface area contributed by atoms with Gasteiger partial charge in [0.1, 0.15) is 19.3 Å². The van der Waals surface area contributed by atoms with E-state index in [0.717, 1.165) is 13.1 Å². The van der Waals surface area contributed by atoms with Gasteiger partial charge in [-0.1, -0.05) is 69.2 Å². The van der Waals surface area contributed by atoms with Crippen LogP contribution in [0.1, 0.15) is 125 Å². The van der Waals surface area contributed by atoms with Crippen molar-refractivity contribution in [3.63, 3.8) is 0 Å². The summed E-state index contributed by atoms with van der Waals surface area (Å²) in [6.07, 6.45) is 3.12. The molecular formula is C36H73N5O7. The van der Waals surface area contributed by atoms with Crippen LogP contribution < -0.4 is 5.32 Å². The Hall–Kier alpha value is -2.73. The van der Waals surface area contributed by atoms with Crippen LogP contribution in [0.5, 0.6) is 0 Å². The number of cyclic esters (lactones) is 1. The van der Waals surface area contributed by atoms with Crippen molar-refractivity contribution in [3.8, 4) is 0 Å². The fourth-order valence-electron chi connectivity index (χ4n) is 3.22. The Bertz CT molecular complexity index is 978. The lowest BCUT2D eigenvalue weighted by molar-refractivity contribution is -0.181. The lowest BCUT2D eigenvalue weighted by Gasteiger charge is -2.29. The molecule has 0 unspecified atom stereocenters. The van der Waals surface area contributed by atoms with Gasteiger partial charge in [-0.05, 0) is 73.1 Å². The van der Waals surface area contributed by atoms with Crippen LogP contribution in [0, 0.1) is 29.6 Å². The van der Waals surface area contributed by atoms with E-state index in [0.29, 0.717) is 37.6 Å². The molecule has 1 aromatic heterocycles. The number of hydrogen-bond acceptors (Lipinski definition) is 9. The lowest BCUT2D eigenvalue weighted by Crippen LogP contribution is -2.43. The number of amides is 2. The summed E-state index contributed by atoms with van der Waals surface area (Å²) in [5, 5.41) is 15.9. The maximum atomic E-state index is 11.2. The Balaban J connectivity index is -0.000000531. The van der Waals surface area contributed by atoms with Gasteiger partial charge in [-0.2, -0.15) is 5.10 Å². The minimum atomic E-state index is -0.968. The third kappa shape index (κ3) is 30.6. The minimum Gasteiger partial charge on any atom is -0.466 e. The van der Waals surface area contributed by atoms with E-state index >= 15 is 0 Å². The van der Waals surface area contributed by atoms with E-state index in [4.69, 9.17) is 14.6 Å². The van der Waals surface area contributed by atoms with Gasteiger partial charge in [0.15, 0.2) is 5.79 Å². The van der Waals surface area contributed by atoms with Gasteiger partial charge in [-0.3, -0.25) is 19.2 Å². The van der Waals surface area contributed by atoms with Crippen LogP contribution in [0.2, 0.25) is 0 Å². The number of carbonyl (C=O) groups is 3. The first-order chi connectivity index (χ1) is 21.6. The molecule has 1 aliphatic heterocycles. The minimum absolute atomic E-state index is 0.00921. The maximum absolute atomic E-state index is 11.2. The van der Waals surface area contributed by atoms with E-state index in [9.17, 15) is 14.4 Å². The number of aromatic nitrogens is 3. The van der Waals surface area contributed by atoms with Crippen LogP contribution in [0.4, 0.5) is 4.79 Å². The van der Waals surface area contributed by atoms with E-state index in [2.05, 4.69) is 47.8 Å². The zero-order valence-corrected chi connectivity index (χ0v) is 33.8. The highest BCUT2D eigenvalue weighted by molar-refractivity contribution is 5.78. The van der Waals surface area contributed by atoms with Crippen LogP contribution in [0.3, 0.4) is 0 Å². The molecule has 12 heteroatoms. The van der Waals surface area contributed by atoms with Gasteiger partial charge < -0.3 is 24.6 Å². The molecule has 1 saturated heterocycles. The molecule has 2 heterocycles. The van der Waals surface area contributed by atoms with Crippen LogP contribution in [0.15, 0.2) is 12.7 Å². The fraction of sp³-hybridized carbons (Fsp3) is 0.861. The van der Waals surface area contributed by atoms with E-state index in [1.54, 1.807) is 38.3 Å². The van der Waals surface area contributed by atoms with Crippen LogP contribution >= 0.6 is 0 Å². The predicted octanol–water partition coefficient (Wildman–Crippen LogP) is 6.96. The number of nitrogens with zero attached hydrogens (tertiary/aromatic N) is 4. The van der Waals surface area contributed by atoms with Gasteiger partial charge in [0.2, 0.25) is 5.91 Å². The monoisotopic (exact) mass is 688 g/mol. The van der Waals surface area contributed by atoms with Gasteiger partial charge in [0.25, 0.3) is 0 Å². The van der Waals surface area contributed by atoms with E-state index in [1.165, 1.54) is 0 Å². The van der Waals surface area contributed by atoms with Crippen molar-refractivity contribution in [1.29, 1.82) is 0 Å². The molecular weight excluding hydrogens is 614 g/mol. The zero-order chi connectivity index (χ0) is 38.5. The molecule has 0 bridgehead atoms. The molecule has 0 aliphatic carbocycles. The molecule has 1 aromatic rings. The average molecular weight is 688 g/mol. The number of hydrogen-bond donors (Lipinski definition) is 2. The Labute approximate surface area is 293 Å². The number of nitrogens with one attached hydrogen (secondary N) is 1. The molecule has 2 amide bonds. The SMILES string of the molecule is CC(C)C(=O)NC(C)(C)C.CC(C)CN1C(=O)OCC1(C)C.CC(C)COC(C)(C)O.CC(C)Cn1cncn1.CCOC(=O)C(C)C. The van der Waals surface area contributed by atoms with Crippen LogP contribution in [0.25, 0.3) is 0 Å². The molecule has 2 rings (SSSR count). The number of aliphatic hydroxyl groups is 1. The van der Waals surface area contributed by atoms with Crippen molar-refractivity contribution in [2.45, 2.75) is 148 Å². The van der Waals surface area contributed by atoms with Gasteiger partial charge in [0.05, 0.1) is 24.7 Å². The fourth-order valence-corrected chi connectivity index (χ4v) is 3.22. The molecule has 0 spiro atoms. The normalized spacial score (nSPS) is 13.8. The standard InChI is InChI=1S/C9H17NO2.C8H17NO.C7H16O2.C6H11N3.C6H12O2/c1-7(2)5-10-8(11)12-6-9(10,3)4;1-6(2)7(10)9-8(3,4)5;1-6(2)5-9-7(3,4)8;1-6(2)3-9-5-7-4-8-9;1-4-8-6(7)5(2)3/h7H,5-6H2,1-4H3;6H,1-5H3,(H,9,10);6,8H,5H2,1-4H3;4-6H,3H2,1-2H3;5H,4H2,1-3H3. The first kappa shape index (κ1) is 49.7. The summed E-state index contributed by atoms with van der Waals surface area (Å²) in [5.74, 6) is 0.747. The highest BCUT2D eigenvalue weighted by Gasteiger charge is 2.39. The van der Waals surface area contributed by atoms with Crippen LogP contribution in [-0.2, 0) is 30.3 Å². The molecule has 12 nitrogen and oxygen atoms in total. The molecule has 284 valence electrons. The van der Waals surface area contributed by atoms with Crippen molar-refractivity contribution in [2.75, 3.05) is 26.4 Å². The average Bonchev–Trinajstić information content (AvgIpc) is 3.50. The summed E-state index contributed by atoms with van der Waals surface area (Å²) in [4.78, 5) is 38.4. The van der Waals surface area contributed by atoms with Gasteiger partial charge in [-0.15, -0.1) is 0 Å². The third-order valence-electron chi connectivity index (χ3n) is 5.62. The van der Waals surface area contributed by atoms with Crippen molar-refractivity contribution in [1.82, 2.24) is 25.0 Å². The Morgan fingerprint density at radius 3 is 1.69 bits per heavy atom. The summed E-state index contributed by atoms with van der Waals surface area (Å²) in [6.45, 7) is 38.4. The quantitative estimate of drug-likeness (QED) is 0.197. The predicted molar refractivity (Wildman–Crippen MR) is 193 cm³/mol. The largest absolute Gasteiger partial charge is 0.466 e. The van der Waals surface area contributed by atoms with Crippen molar-refractivity contribution >= 4 is 18.0 Å². The molecule has 48 heavy (non-hydrogen) atoms. The van der Waals surface area contributed by atoms with E-state index in [1.807, 2.05) is 80.8 Å². The molecule has 0 radical (unpaired) electrons. The first-order valence-corrected chi connectivity index (χ1v) is 17.3. The van der Waals surface area contributed by atoms with E-state index in [-0.39, 0.29) is 40.9 Å². The topological polar surface area (TPSA) is 145 Å². The second kappa shape index (κ2) is 24.4. The number of esters is 1. The molecule has 0 saturated carbocycles. The van der Waals surface area contributed by atoms with Crippen molar-refractivity contribution < 1.29 is 33.7 Å². The lowest BCUT2D eigenvalue weighted by atomic mass is 10.0. The second-order valence-corrected chi connectivity index (χ2v) is 15.8. The molecule has 0 atom stereocenters. The summed E-state index contributed by atoms with van der Waals surface area (Å²) in [5.41, 5.74) is -0.220. The summed E-state index contributed by atoms with van der Waals surface area (Å²) in [7, 11) is 0. The molecule has 1 fully saturated rings. The van der Waals surface area contributed by atoms with Gasteiger partial charge in [0, 0.05) is 24.5 Å². The van der Waals surface area contributed by atoms with Crippen molar-refractivity contribution in [3.05, 3.63) is 12.7 Å². The number of carbonyl (C=O) groups excluding carboxylic acids is 3. The van der Waals surface area contributed by atoms with Crippen LogP contribution in [-0.4, -0.2) is 86.0 Å². The second-order valence-electron chi connectivity index (χ2n) is 15.8. The Kier molecular flexibility index (Phi) is 25.3. The highest BCUT2D eigenvalue weighted by Crippen LogP contribution is 2.24. The first-order valence-electron chi connectivity index (χ1n) is 17.3. The number of ether oxygens (including phenoxy) is 3. The zero-order valence-electron chi connectivity index (χ0n) is 33.8. The summed E-state index contributed by atoms with van der Waals surface area (Å²) >= 11 is 0. The molecule has 2 N–H and O–H groups in total. The van der Waals surface area contributed by atoms with Gasteiger partial charge >= 0.3 is 12.1 Å². The number of rotatable bonds is 10. The smallest absolute Gasteiger partial charge is 0.410 e. The maximum Gasteiger partial charge on any atom is 0.410 e. The Morgan fingerprint density at radius 2 is 1.46 bits per heavy atom. The summed E-state index contributed by atoms with van der Waals surface area (Å²) in [6, 6.07) is 0. The third-order valence-corrected chi connectivity index (χ3v) is 5.62. The van der Waals surface area contributed by atoms with Crippen molar-refractivity contribution in [2.24, 2.45) is 29.6 Å². The summed E-state index contributed by atoms with van der Waals surface area (Å²) < 4.78 is 16.5. The highest BCUT2D eigenvalue weighted by atomic mass is 16.6.